The maximum absolute atomic E-state index is 2.35. The van der Waals surface area contributed by atoms with Crippen LogP contribution in [0.3, 0.4) is 0 Å². The highest BCUT2D eigenvalue weighted by Gasteiger charge is 2.12. The highest BCUT2D eigenvalue weighted by Crippen LogP contribution is 2.30. The van der Waals surface area contributed by atoms with E-state index in [0.29, 0.717) is 0 Å². The molecule has 66 valence electrons. The van der Waals surface area contributed by atoms with Gasteiger partial charge in [0.1, 0.15) is 0 Å². The van der Waals surface area contributed by atoms with Crippen molar-refractivity contribution in [1.82, 2.24) is 0 Å². The van der Waals surface area contributed by atoms with E-state index in [9.17, 15) is 0 Å². The second-order valence-corrected chi connectivity index (χ2v) is 6.04. The predicted octanol–water partition coefficient (Wildman–Crippen LogP) is 3.65. The van der Waals surface area contributed by atoms with Gasteiger partial charge in [-0.1, -0.05) is 46.0 Å². The molecule has 0 nitrogen and oxygen atoms in total. The first-order valence-electron chi connectivity index (χ1n) is 5.02. The van der Waals surface area contributed by atoms with Crippen molar-refractivity contribution in [2.75, 3.05) is 6.16 Å². The molecule has 0 heterocycles. The standard InChI is InChI=1S/C10H21P/c1-9(2)11-8-10-6-4-3-5-7-10/h9-11H,3-8H2,1-2H3. The summed E-state index contributed by atoms with van der Waals surface area (Å²) in [6.45, 7) is 4.70. The van der Waals surface area contributed by atoms with Crippen LogP contribution in [0.15, 0.2) is 0 Å². The van der Waals surface area contributed by atoms with E-state index in [-0.39, 0.29) is 0 Å². The third kappa shape index (κ3) is 4.11. The minimum absolute atomic E-state index is 0.942. The lowest BCUT2D eigenvalue weighted by Gasteiger charge is -2.21. The maximum atomic E-state index is 2.35. The van der Waals surface area contributed by atoms with Crippen molar-refractivity contribution < 1.29 is 0 Å². The van der Waals surface area contributed by atoms with Crippen molar-refractivity contribution >= 4 is 8.58 Å². The van der Waals surface area contributed by atoms with Gasteiger partial charge in [0.15, 0.2) is 0 Å². The van der Waals surface area contributed by atoms with Crippen molar-refractivity contribution in [1.29, 1.82) is 0 Å². The number of rotatable bonds is 3. The Morgan fingerprint density at radius 3 is 2.36 bits per heavy atom. The van der Waals surface area contributed by atoms with Crippen molar-refractivity contribution in [2.24, 2.45) is 5.92 Å². The third-order valence-corrected chi connectivity index (χ3v) is 4.17. The molecule has 0 saturated heterocycles. The molecule has 1 saturated carbocycles. The van der Waals surface area contributed by atoms with Gasteiger partial charge in [-0.15, -0.1) is 8.58 Å². The second-order valence-electron chi connectivity index (χ2n) is 4.07. The molecule has 0 spiro atoms. The molecule has 1 heteroatoms. The van der Waals surface area contributed by atoms with Crippen LogP contribution in [0.25, 0.3) is 0 Å². The smallest absolute Gasteiger partial charge is 0.0293 e. The molecule has 0 N–H and O–H groups in total. The Morgan fingerprint density at radius 1 is 1.18 bits per heavy atom. The fourth-order valence-corrected chi connectivity index (χ4v) is 3.01. The van der Waals surface area contributed by atoms with Crippen molar-refractivity contribution in [3.05, 3.63) is 0 Å². The van der Waals surface area contributed by atoms with Gasteiger partial charge in [-0.2, -0.15) is 0 Å². The lowest BCUT2D eigenvalue weighted by molar-refractivity contribution is 0.390. The summed E-state index contributed by atoms with van der Waals surface area (Å²) < 4.78 is 0. The second kappa shape index (κ2) is 5.14. The average Bonchev–Trinajstić information content (AvgIpc) is 2.03. The molecule has 1 unspecified atom stereocenters. The van der Waals surface area contributed by atoms with E-state index in [0.717, 1.165) is 11.6 Å². The SMILES string of the molecule is CC(C)PCC1CCCCC1. The molecule has 0 aromatic heterocycles. The van der Waals surface area contributed by atoms with E-state index in [1.807, 2.05) is 0 Å². The maximum Gasteiger partial charge on any atom is -0.0293 e. The van der Waals surface area contributed by atoms with Crippen LogP contribution in [0.5, 0.6) is 0 Å². The Morgan fingerprint density at radius 2 is 1.82 bits per heavy atom. The van der Waals surface area contributed by atoms with Gasteiger partial charge in [0, 0.05) is 0 Å². The predicted molar refractivity (Wildman–Crippen MR) is 54.9 cm³/mol. The van der Waals surface area contributed by atoms with E-state index >= 15 is 0 Å². The van der Waals surface area contributed by atoms with Gasteiger partial charge in [-0.25, -0.2) is 0 Å². The van der Waals surface area contributed by atoms with E-state index < -0.39 is 0 Å². The Balaban J connectivity index is 2.05. The molecule has 1 fully saturated rings. The summed E-state index contributed by atoms with van der Waals surface area (Å²) in [5.41, 5.74) is 0.942. The van der Waals surface area contributed by atoms with Gasteiger partial charge in [0.25, 0.3) is 0 Å². The quantitative estimate of drug-likeness (QED) is 0.570. The van der Waals surface area contributed by atoms with Crippen LogP contribution >= 0.6 is 8.58 Å². The largest absolute Gasteiger partial charge is 0.119 e. The molecule has 0 radical (unpaired) electrons. The van der Waals surface area contributed by atoms with Gasteiger partial charge >= 0.3 is 0 Å². The van der Waals surface area contributed by atoms with E-state index in [1.54, 1.807) is 0 Å². The Kier molecular flexibility index (Phi) is 4.45. The summed E-state index contributed by atoms with van der Waals surface area (Å²) in [4.78, 5) is 0. The molecule has 1 aliphatic carbocycles. The van der Waals surface area contributed by atoms with Crippen molar-refractivity contribution in [3.63, 3.8) is 0 Å². The highest BCUT2D eigenvalue weighted by molar-refractivity contribution is 7.38. The third-order valence-electron chi connectivity index (χ3n) is 2.54. The number of hydrogen-bond donors (Lipinski definition) is 0. The Labute approximate surface area is 72.9 Å². The van der Waals surface area contributed by atoms with Crippen LogP contribution < -0.4 is 0 Å². The molecule has 1 aliphatic rings. The molecular formula is C10H21P. The summed E-state index contributed by atoms with van der Waals surface area (Å²) in [5.74, 6) is 1.10. The van der Waals surface area contributed by atoms with E-state index in [1.165, 1.54) is 46.8 Å². The first-order chi connectivity index (χ1) is 5.29. The fraction of sp³-hybridized carbons (Fsp3) is 1.00. The topological polar surface area (TPSA) is 0 Å². The van der Waals surface area contributed by atoms with Gasteiger partial charge in [0.2, 0.25) is 0 Å². The summed E-state index contributed by atoms with van der Waals surface area (Å²) in [6.07, 6.45) is 9.10. The van der Waals surface area contributed by atoms with Gasteiger partial charge in [0.05, 0.1) is 0 Å². The first-order valence-corrected chi connectivity index (χ1v) is 6.31. The average molecular weight is 172 g/mol. The zero-order valence-corrected chi connectivity index (χ0v) is 8.90. The zero-order chi connectivity index (χ0) is 8.10. The highest BCUT2D eigenvalue weighted by atomic mass is 31.1. The Hall–Kier alpha value is 0.430. The molecule has 11 heavy (non-hydrogen) atoms. The zero-order valence-electron chi connectivity index (χ0n) is 7.90. The molecule has 0 aromatic rings. The lowest BCUT2D eigenvalue weighted by atomic mass is 9.91. The molecule has 0 amide bonds. The lowest BCUT2D eigenvalue weighted by Crippen LogP contribution is -2.08. The van der Waals surface area contributed by atoms with Crippen LogP contribution in [-0.4, -0.2) is 11.8 Å². The minimum Gasteiger partial charge on any atom is -0.119 e. The van der Waals surface area contributed by atoms with Gasteiger partial charge < -0.3 is 0 Å². The summed E-state index contributed by atoms with van der Waals surface area (Å²) in [5, 5.41) is 0. The first kappa shape index (κ1) is 9.52. The molecule has 0 aliphatic heterocycles. The fourth-order valence-electron chi connectivity index (χ4n) is 1.79. The van der Waals surface area contributed by atoms with Crippen LogP contribution in [0.4, 0.5) is 0 Å². The van der Waals surface area contributed by atoms with Gasteiger partial charge in [-0.05, 0) is 17.7 Å². The van der Waals surface area contributed by atoms with E-state index in [2.05, 4.69) is 13.8 Å². The minimum atomic E-state index is 0.942. The molecule has 1 rings (SSSR count). The van der Waals surface area contributed by atoms with Gasteiger partial charge in [-0.3, -0.25) is 0 Å². The number of hydrogen-bond acceptors (Lipinski definition) is 0. The normalized spacial score (nSPS) is 22.1. The molecule has 0 bridgehead atoms. The van der Waals surface area contributed by atoms with Crippen LogP contribution in [0.2, 0.25) is 0 Å². The van der Waals surface area contributed by atoms with Crippen LogP contribution in [-0.2, 0) is 0 Å². The van der Waals surface area contributed by atoms with Crippen molar-refractivity contribution in [3.8, 4) is 0 Å². The summed E-state index contributed by atoms with van der Waals surface area (Å²) in [6, 6.07) is 0. The summed E-state index contributed by atoms with van der Waals surface area (Å²) in [7, 11) is 1.22. The molecular weight excluding hydrogens is 151 g/mol. The molecule has 1 atom stereocenters. The Bertz CT molecular complexity index is 93.0. The molecule has 0 aromatic carbocycles. The van der Waals surface area contributed by atoms with Crippen molar-refractivity contribution in [2.45, 2.75) is 51.6 Å². The van der Waals surface area contributed by atoms with E-state index in [4.69, 9.17) is 0 Å². The summed E-state index contributed by atoms with van der Waals surface area (Å²) >= 11 is 0. The van der Waals surface area contributed by atoms with Crippen LogP contribution in [0, 0.1) is 5.92 Å². The monoisotopic (exact) mass is 172 g/mol. The van der Waals surface area contributed by atoms with Crippen LogP contribution in [0.1, 0.15) is 46.0 Å².